The number of benzene rings is 1. The molecule has 2 rings (SSSR count). The van der Waals surface area contributed by atoms with E-state index in [1.165, 1.54) is 12.1 Å². The number of rotatable bonds is 6. The van der Waals surface area contributed by atoms with E-state index in [0.29, 0.717) is 5.92 Å². The number of carbonyl (C=O) groups is 1. The molecule has 2 aromatic rings. The first-order chi connectivity index (χ1) is 10.5. The lowest BCUT2D eigenvalue weighted by Gasteiger charge is -2.20. The highest BCUT2D eigenvalue weighted by Crippen LogP contribution is 2.22. The maximum Gasteiger partial charge on any atom is 0.433 e. The topological polar surface area (TPSA) is 85.4 Å². The van der Waals surface area contributed by atoms with Gasteiger partial charge in [0.25, 0.3) is 5.91 Å². The molecule has 0 bridgehead atoms. The summed E-state index contributed by atoms with van der Waals surface area (Å²) in [6.45, 7) is 4.14. The normalized spacial score (nSPS) is 12.1. The third-order valence-corrected chi connectivity index (χ3v) is 3.21. The molecular weight excluding hydrogens is 284 g/mol. The zero-order chi connectivity index (χ0) is 16.1. The van der Waals surface area contributed by atoms with Crippen LogP contribution in [0.4, 0.5) is 5.88 Å². The highest BCUT2D eigenvalue weighted by Gasteiger charge is 2.21. The standard InChI is InChI=1S/C16H18N2O4/c1-11(2)10-13(12-6-4-3-5-7-12)17-16(19)14-8-9-15(22-14)18(20)21/h3-9,11,13H,10H2,1-2H3,(H,17,19). The van der Waals surface area contributed by atoms with Crippen molar-refractivity contribution in [2.24, 2.45) is 5.92 Å². The average molecular weight is 302 g/mol. The zero-order valence-corrected chi connectivity index (χ0v) is 12.5. The third kappa shape index (κ3) is 3.94. The quantitative estimate of drug-likeness (QED) is 0.651. The number of furan rings is 1. The van der Waals surface area contributed by atoms with E-state index in [1.807, 2.05) is 30.3 Å². The van der Waals surface area contributed by atoms with Gasteiger partial charge in [-0.25, -0.2) is 0 Å². The van der Waals surface area contributed by atoms with E-state index in [0.717, 1.165) is 12.0 Å². The van der Waals surface area contributed by atoms with E-state index >= 15 is 0 Å². The molecule has 0 saturated carbocycles. The van der Waals surface area contributed by atoms with Crippen LogP contribution in [0.3, 0.4) is 0 Å². The first-order valence-electron chi connectivity index (χ1n) is 7.07. The molecule has 1 unspecified atom stereocenters. The molecule has 0 fully saturated rings. The molecule has 0 saturated heterocycles. The predicted octanol–water partition coefficient (Wildman–Crippen LogP) is 3.71. The molecule has 1 heterocycles. The first kappa shape index (κ1) is 15.8. The third-order valence-electron chi connectivity index (χ3n) is 3.21. The fraction of sp³-hybridized carbons (Fsp3) is 0.312. The Morgan fingerprint density at radius 1 is 1.23 bits per heavy atom. The highest BCUT2D eigenvalue weighted by atomic mass is 16.6. The molecule has 1 atom stereocenters. The number of nitro groups is 1. The van der Waals surface area contributed by atoms with Gasteiger partial charge in [0.2, 0.25) is 0 Å². The van der Waals surface area contributed by atoms with Crippen molar-refractivity contribution in [2.45, 2.75) is 26.3 Å². The monoisotopic (exact) mass is 302 g/mol. The Morgan fingerprint density at radius 3 is 2.45 bits per heavy atom. The smallest absolute Gasteiger partial charge is 0.395 e. The van der Waals surface area contributed by atoms with Crippen LogP contribution in [-0.4, -0.2) is 10.8 Å². The lowest BCUT2D eigenvalue weighted by Crippen LogP contribution is -2.29. The SMILES string of the molecule is CC(C)CC(NC(=O)c1ccc([N+](=O)[O-])o1)c1ccccc1. The summed E-state index contributed by atoms with van der Waals surface area (Å²) in [7, 11) is 0. The molecule has 0 radical (unpaired) electrons. The van der Waals surface area contributed by atoms with Gasteiger partial charge in [-0.2, -0.15) is 0 Å². The summed E-state index contributed by atoms with van der Waals surface area (Å²) in [6, 6.07) is 11.9. The van der Waals surface area contributed by atoms with Crippen LogP contribution in [-0.2, 0) is 0 Å². The van der Waals surface area contributed by atoms with Gasteiger partial charge in [-0.15, -0.1) is 0 Å². The summed E-state index contributed by atoms with van der Waals surface area (Å²) in [5.74, 6) is -0.569. The molecule has 116 valence electrons. The van der Waals surface area contributed by atoms with Crippen molar-refractivity contribution in [3.8, 4) is 0 Å². The Kier molecular flexibility index (Phi) is 4.93. The van der Waals surface area contributed by atoms with Gasteiger partial charge in [0.1, 0.15) is 4.92 Å². The summed E-state index contributed by atoms with van der Waals surface area (Å²) in [4.78, 5) is 22.2. The minimum absolute atomic E-state index is 0.0589. The summed E-state index contributed by atoms with van der Waals surface area (Å²) in [5.41, 5.74) is 0.991. The molecule has 6 heteroatoms. The van der Waals surface area contributed by atoms with E-state index in [1.54, 1.807) is 0 Å². The van der Waals surface area contributed by atoms with Gasteiger partial charge in [-0.1, -0.05) is 44.2 Å². The molecule has 1 amide bonds. The number of hydrogen-bond acceptors (Lipinski definition) is 4. The van der Waals surface area contributed by atoms with Gasteiger partial charge in [0.05, 0.1) is 12.1 Å². The Balaban J connectivity index is 2.15. The second kappa shape index (κ2) is 6.89. The predicted molar refractivity (Wildman–Crippen MR) is 81.5 cm³/mol. The minimum atomic E-state index is -0.667. The Labute approximate surface area is 128 Å². The van der Waals surface area contributed by atoms with Crippen molar-refractivity contribution in [2.75, 3.05) is 0 Å². The average Bonchev–Trinajstić information content (AvgIpc) is 2.97. The van der Waals surface area contributed by atoms with Crippen LogP contribution in [0, 0.1) is 16.0 Å². The van der Waals surface area contributed by atoms with Crippen LogP contribution in [0.1, 0.15) is 42.4 Å². The summed E-state index contributed by atoms with van der Waals surface area (Å²) in [5, 5.41) is 13.5. The van der Waals surface area contributed by atoms with E-state index in [-0.39, 0.29) is 11.8 Å². The fourth-order valence-electron chi connectivity index (χ4n) is 2.21. The summed E-state index contributed by atoms with van der Waals surface area (Å²) < 4.78 is 4.94. The number of nitrogens with zero attached hydrogens (tertiary/aromatic N) is 1. The first-order valence-corrected chi connectivity index (χ1v) is 7.07. The van der Waals surface area contributed by atoms with Gasteiger partial charge in [-0.3, -0.25) is 14.9 Å². The van der Waals surface area contributed by atoms with Crippen molar-refractivity contribution >= 4 is 11.8 Å². The molecular formula is C16H18N2O4. The number of carbonyl (C=O) groups excluding carboxylic acids is 1. The fourth-order valence-corrected chi connectivity index (χ4v) is 2.21. The number of hydrogen-bond donors (Lipinski definition) is 1. The Bertz CT molecular complexity index is 649. The van der Waals surface area contributed by atoms with Crippen LogP contribution in [0.2, 0.25) is 0 Å². The lowest BCUT2D eigenvalue weighted by molar-refractivity contribution is -0.402. The van der Waals surface area contributed by atoms with Crippen molar-refractivity contribution < 1.29 is 14.1 Å². The molecule has 0 aliphatic rings. The van der Waals surface area contributed by atoms with E-state index < -0.39 is 16.7 Å². The maximum absolute atomic E-state index is 12.2. The number of nitrogens with one attached hydrogen (secondary N) is 1. The Hall–Kier alpha value is -2.63. The minimum Gasteiger partial charge on any atom is -0.395 e. The summed E-state index contributed by atoms with van der Waals surface area (Å²) >= 11 is 0. The molecule has 1 aromatic carbocycles. The highest BCUT2D eigenvalue weighted by molar-refractivity contribution is 5.92. The molecule has 0 spiro atoms. The van der Waals surface area contributed by atoms with Gasteiger partial charge in [0.15, 0.2) is 5.76 Å². The van der Waals surface area contributed by atoms with Crippen LogP contribution in [0.15, 0.2) is 46.9 Å². The van der Waals surface area contributed by atoms with Crippen LogP contribution in [0.5, 0.6) is 0 Å². The van der Waals surface area contributed by atoms with Crippen LogP contribution in [0.25, 0.3) is 0 Å². The van der Waals surface area contributed by atoms with Gasteiger partial charge >= 0.3 is 5.88 Å². The second-order valence-electron chi connectivity index (χ2n) is 5.46. The molecule has 1 aromatic heterocycles. The van der Waals surface area contributed by atoms with Crippen molar-refractivity contribution in [1.29, 1.82) is 0 Å². The van der Waals surface area contributed by atoms with Crippen LogP contribution < -0.4 is 5.32 Å². The largest absolute Gasteiger partial charge is 0.433 e. The van der Waals surface area contributed by atoms with Crippen molar-refractivity contribution in [3.05, 3.63) is 63.9 Å². The van der Waals surface area contributed by atoms with E-state index in [4.69, 9.17) is 4.42 Å². The molecule has 0 aliphatic heterocycles. The second-order valence-corrected chi connectivity index (χ2v) is 5.46. The van der Waals surface area contributed by atoms with Gasteiger partial charge in [0, 0.05) is 0 Å². The van der Waals surface area contributed by atoms with Gasteiger partial charge < -0.3 is 9.73 Å². The van der Waals surface area contributed by atoms with Crippen molar-refractivity contribution in [3.63, 3.8) is 0 Å². The van der Waals surface area contributed by atoms with E-state index in [2.05, 4.69) is 19.2 Å². The molecule has 22 heavy (non-hydrogen) atoms. The molecule has 1 N–H and O–H groups in total. The number of amides is 1. The van der Waals surface area contributed by atoms with Crippen LogP contribution >= 0.6 is 0 Å². The van der Waals surface area contributed by atoms with E-state index in [9.17, 15) is 14.9 Å². The molecule has 0 aliphatic carbocycles. The zero-order valence-electron chi connectivity index (χ0n) is 12.5. The van der Waals surface area contributed by atoms with Crippen molar-refractivity contribution in [1.82, 2.24) is 5.32 Å². The molecule has 6 nitrogen and oxygen atoms in total. The van der Waals surface area contributed by atoms with Gasteiger partial charge in [-0.05, 0) is 24.0 Å². The summed E-state index contributed by atoms with van der Waals surface area (Å²) in [6.07, 6.45) is 0.762. The Morgan fingerprint density at radius 2 is 1.91 bits per heavy atom. The maximum atomic E-state index is 12.2. The lowest BCUT2D eigenvalue weighted by atomic mass is 9.97.